The van der Waals surface area contributed by atoms with Crippen molar-refractivity contribution in [1.29, 1.82) is 0 Å². The Labute approximate surface area is 218 Å². The van der Waals surface area contributed by atoms with Crippen LogP contribution in [0.15, 0.2) is 40.7 Å². The summed E-state index contributed by atoms with van der Waals surface area (Å²) in [5.41, 5.74) is 0.423. The molecule has 0 bridgehead atoms. The summed E-state index contributed by atoms with van der Waals surface area (Å²) in [4.78, 5) is 16.4. The van der Waals surface area contributed by atoms with Gasteiger partial charge in [-0.2, -0.15) is 0 Å². The molecule has 202 valence electrons. The Morgan fingerprint density at radius 2 is 1.70 bits per heavy atom. The van der Waals surface area contributed by atoms with E-state index in [2.05, 4.69) is 15.0 Å². The molecule has 2 N–H and O–H groups in total. The van der Waals surface area contributed by atoms with Gasteiger partial charge in [0.15, 0.2) is 23.0 Å². The summed E-state index contributed by atoms with van der Waals surface area (Å²) >= 11 is 1.17. The van der Waals surface area contributed by atoms with E-state index in [1.807, 2.05) is 13.8 Å². The van der Waals surface area contributed by atoms with Gasteiger partial charge in [-0.05, 0) is 52.0 Å². The molecule has 1 amide bonds. The largest absolute Gasteiger partial charge is 0.369 e. The summed E-state index contributed by atoms with van der Waals surface area (Å²) in [6.45, 7) is 7.07. The highest BCUT2D eigenvalue weighted by Crippen LogP contribution is 2.44. The van der Waals surface area contributed by atoms with E-state index in [1.165, 1.54) is 41.8 Å². The number of amides is 1. The number of ether oxygens (including phenoxy) is 6. The Morgan fingerprint density at radius 3 is 2.41 bits per heavy atom. The number of hydrogen-bond donors (Lipinski definition) is 2. The molecule has 12 nitrogen and oxygen atoms in total. The fourth-order valence-corrected chi connectivity index (χ4v) is 6.25. The van der Waals surface area contributed by atoms with Gasteiger partial charge in [-0.25, -0.2) is 13.4 Å². The van der Waals surface area contributed by atoms with Crippen LogP contribution in [0.5, 0.6) is 0 Å². The van der Waals surface area contributed by atoms with Crippen LogP contribution in [0.3, 0.4) is 0 Å². The molecule has 14 heteroatoms. The van der Waals surface area contributed by atoms with Gasteiger partial charge in [0, 0.05) is 17.3 Å². The van der Waals surface area contributed by atoms with Crippen LogP contribution in [0.25, 0.3) is 0 Å². The van der Waals surface area contributed by atoms with E-state index in [9.17, 15) is 13.2 Å². The van der Waals surface area contributed by atoms with E-state index in [0.717, 1.165) is 0 Å². The van der Waals surface area contributed by atoms with Crippen molar-refractivity contribution in [1.82, 2.24) is 4.98 Å². The third-order valence-corrected chi connectivity index (χ3v) is 8.04. The number of sulfonamides is 1. The minimum Gasteiger partial charge on any atom is -0.369 e. The SMILES string of the molecule is CC1(C)O[C@H]2[C@@H](O1)[C@@H](COCC(=O)Nc1ccc(S(=O)(=O)Nc3nccs3)cc1)O[C@H]1OC(C)(C)O[C@@H]12. The zero-order valence-electron chi connectivity index (χ0n) is 20.7. The highest BCUT2D eigenvalue weighted by atomic mass is 32.2. The van der Waals surface area contributed by atoms with Crippen LogP contribution in [0.4, 0.5) is 10.8 Å². The molecule has 3 aliphatic rings. The van der Waals surface area contributed by atoms with E-state index in [-0.39, 0.29) is 23.2 Å². The number of carbonyl (C=O) groups is 1. The maximum absolute atomic E-state index is 12.4. The Morgan fingerprint density at radius 1 is 1.03 bits per heavy atom. The lowest BCUT2D eigenvalue weighted by atomic mass is 9.99. The Bertz CT molecular complexity index is 1220. The molecule has 5 atom stereocenters. The van der Waals surface area contributed by atoms with E-state index in [0.29, 0.717) is 5.69 Å². The molecule has 5 rings (SSSR count). The van der Waals surface area contributed by atoms with Crippen molar-refractivity contribution in [2.75, 3.05) is 23.3 Å². The van der Waals surface area contributed by atoms with E-state index < -0.39 is 58.2 Å². The van der Waals surface area contributed by atoms with Crippen molar-refractivity contribution in [3.8, 4) is 0 Å². The Balaban J connectivity index is 1.14. The highest BCUT2D eigenvalue weighted by molar-refractivity contribution is 7.93. The van der Waals surface area contributed by atoms with E-state index in [4.69, 9.17) is 28.4 Å². The molecular formula is C23H29N3O9S2. The molecule has 3 saturated heterocycles. The van der Waals surface area contributed by atoms with Crippen molar-refractivity contribution in [2.45, 2.75) is 74.9 Å². The first kappa shape index (κ1) is 26.4. The predicted molar refractivity (Wildman–Crippen MR) is 131 cm³/mol. The van der Waals surface area contributed by atoms with Crippen LogP contribution in [0, 0.1) is 0 Å². The van der Waals surface area contributed by atoms with Gasteiger partial charge in [0.2, 0.25) is 5.91 Å². The normalized spacial score (nSPS) is 29.9. The molecule has 37 heavy (non-hydrogen) atoms. The zero-order valence-corrected chi connectivity index (χ0v) is 22.3. The monoisotopic (exact) mass is 555 g/mol. The van der Waals surface area contributed by atoms with E-state index in [1.54, 1.807) is 19.2 Å². The molecule has 0 aliphatic carbocycles. The van der Waals surface area contributed by atoms with Crippen molar-refractivity contribution in [2.24, 2.45) is 0 Å². The van der Waals surface area contributed by atoms with Crippen LogP contribution in [0.2, 0.25) is 0 Å². The number of anilines is 2. The van der Waals surface area contributed by atoms with Crippen molar-refractivity contribution in [3.05, 3.63) is 35.8 Å². The molecule has 0 saturated carbocycles. The molecule has 1 aromatic heterocycles. The summed E-state index contributed by atoms with van der Waals surface area (Å²) in [5, 5.41) is 4.62. The third kappa shape index (κ3) is 5.96. The molecule has 0 unspecified atom stereocenters. The molecule has 3 aliphatic heterocycles. The number of fused-ring (bicyclic) bond motifs is 3. The number of carbonyl (C=O) groups excluding carboxylic acids is 1. The summed E-state index contributed by atoms with van der Waals surface area (Å²) in [6.07, 6.45) is -0.970. The number of rotatable bonds is 8. The second-order valence-electron chi connectivity index (χ2n) is 9.74. The minimum absolute atomic E-state index is 0.0438. The van der Waals surface area contributed by atoms with Crippen molar-refractivity contribution in [3.63, 3.8) is 0 Å². The topological polar surface area (TPSA) is 144 Å². The fraction of sp³-hybridized carbons (Fsp3) is 0.565. The van der Waals surface area contributed by atoms with Crippen molar-refractivity contribution < 1.29 is 41.6 Å². The van der Waals surface area contributed by atoms with Gasteiger partial charge < -0.3 is 33.7 Å². The Kier molecular flexibility index (Phi) is 7.04. The van der Waals surface area contributed by atoms with Crippen LogP contribution in [-0.4, -0.2) is 74.8 Å². The van der Waals surface area contributed by atoms with E-state index >= 15 is 0 Å². The van der Waals surface area contributed by atoms with Crippen LogP contribution in [-0.2, 0) is 43.2 Å². The number of nitrogens with one attached hydrogen (secondary N) is 2. The van der Waals surface area contributed by atoms with Crippen LogP contribution < -0.4 is 10.0 Å². The summed E-state index contributed by atoms with van der Waals surface area (Å²) in [5.74, 6) is -2.06. The number of benzene rings is 1. The number of aromatic nitrogens is 1. The summed E-state index contributed by atoms with van der Waals surface area (Å²) in [7, 11) is -3.78. The second-order valence-corrected chi connectivity index (χ2v) is 12.3. The fourth-order valence-electron chi connectivity index (χ4n) is 4.46. The number of nitrogens with zero attached hydrogens (tertiary/aromatic N) is 1. The first-order chi connectivity index (χ1) is 17.4. The highest BCUT2D eigenvalue weighted by Gasteiger charge is 2.60. The zero-order chi connectivity index (χ0) is 26.4. The van der Waals surface area contributed by atoms with Crippen molar-refractivity contribution >= 4 is 38.1 Å². The van der Waals surface area contributed by atoms with Gasteiger partial charge in [0.05, 0.1) is 11.5 Å². The van der Waals surface area contributed by atoms with Gasteiger partial charge >= 0.3 is 0 Å². The summed E-state index contributed by atoms with van der Waals surface area (Å²) < 4.78 is 62.9. The van der Waals surface area contributed by atoms with Gasteiger partial charge in [-0.3, -0.25) is 9.52 Å². The summed E-state index contributed by atoms with van der Waals surface area (Å²) in [6, 6.07) is 5.77. The molecule has 3 fully saturated rings. The number of thiazole rings is 1. The standard InChI is InChI=1S/C23H29N3O9S2/c1-22(2)32-17-15(31-20-19(18(17)33-22)34-23(3,4)35-20)11-30-12-16(27)25-13-5-7-14(8-6-13)37(28,29)26-21-24-9-10-36-21/h5-10,15,17-20H,11-12H2,1-4H3,(H,24,26)(H,25,27)/t15-,17+,18+,19-,20+/m1/s1. The first-order valence-electron chi connectivity index (χ1n) is 11.7. The molecule has 1 aromatic carbocycles. The smallest absolute Gasteiger partial charge is 0.263 e. The Hall–Kier alpha value is -2.17. The third-order valence-electron chi connectivity index (χ3n) is 5.87. The van der Waals surface area contributed by atoms with Gasteiger partial charge in [0.1, 0.15) is 31.0 Å². The van der Waals surface area contributed by atoms with Crippen LogP contribution in [0.1, 0.15) is 27.7 Å². The van der Waals surface area contributed by atoms with Crippen LogP contribution >= 0.6 is 11.3 Å². The number of hydrogen-bond acceptors (Lipinski definition) is 11. The predicted octanol–water partition coefficient (Wildman–Crippen LogP) is 2.30. The molecule has 0 spiro atoms. The maximum Gasteiger partial charge on any atom is 0.263 e. The molecular weight excluding hydrogens is 526 g/mol. The first-order valence-corrected chi connectivity index (χ1v) is 14.0. The van der Waals surface area contributed by atoms with Gasteiger partial charge in [-0.15, -0.1) is 11.3 Å². The minimum atomic E-state index is -3.78. The molecule has 2 aromatic rings. The lowest BCUT2D eigenvalue weighted by Gasteiger charge is -2.37. The van der Waals surface area contributed by atoms with Gasteiger partial charge in [0.25, 0.3) is 10.0 Å². The second kappa shape index (κ2) is 9.85. The molecule has 4 heterocycles. The lowest BCUT2D eigenvalue weighted by Crippen LogP contribution is -2.56. The maximum atomic E-state index is 12.4. The average molecular weight is 556 g/mol. The molecule has 0 radical (unpaired) electrons. The average Bonchev–Trinajstić information content (AvgIpc) is 3.50. The lowest BCUT2D eigenvalue weighted by molar-refractivity contribution is -0.242. The van der Waals surface area contributed by atoms with Gasteiger partial charge in [-0.1, -0.05) is 0 Å². The quantitative estimate of drug-likeness (QED) is 0.498.